The third kappa shape index (κ3) is 4.09. The van der Waals surface area contributed by atoms with Gasteiger partial charge in [-0.1, -0.05) is 90.1 Å². The lowest BCUT2D eigenvalue weighted by molar-refractivity contribution is 0.601. The average Bonchev–Trinajstić information content (AvgIpc) is 2.63. The zero-order valence-corrected chi connectivity index (χ0v) is 16.2. The molecule has 0 aliphatic rings. The highest BCUT2D eigenvalue weighted by Crippen LogP contribution is 2.22. The first kappa shape index (κ1) is 17.6. The molecule has 4 heteroatoms. The lowest BCUT2D eigenvalue weighted by Crippen LogP contribution is -2.46. The van der Waals surface area contributed by atoms with Crippen molar-refractivity contribution >= 4 is 29.0 Å². The van der Waals surface area contributed by atoms with Gasteiger partial charge in [0, 0.05) is 6.26 Å². The monoisotopic (exact) mass is 365 g/mol. The molecule has 2 nitrogen and oxygen atoms in total. The van der Waals surface area contributed by atoms with Crippen molar-refractivity contribution in [1.29, 1.82) is 0 Å². The second-order valence-electron chi connectivity index (χ2n) is 6.21. The molecule has 0 heterocycles. The van der Waals surface area contributed by atoms with Gasteiger partial charge in [0.25, 0.3) is 0 Å². The van der Waals surface area contributed by atoms with Crippen molar-refractivity contribution in [2.24, 2.45) is 0 Å². The van der Waals surface area contributed by atoms with E-state index in [0.29, 0.717) is 4.90 Å². The van der Waals surface area contributed by atoms with Crippen LogP contribution >= 0.6 is 0 Å². The van der Waals surface area contributed by atoms with Gasteiger partial charge in [-0.25, -0.2) is 8.42 Å². The molecule has 0 saturated carbocycles. The Hall–Kier alpha value is -2.17. The molecule has 0 N–H and O–H groups in total. The molecule has 0 fully saturated rings. The minimum absolute atomic E-state index is 0.247. The van der Waals surface area contributed by atoms with E-state index < -0.39 is 18.6 Å². The molecule has 0 aliphatic heterocycles. The molecule has 1 unspecified atom stereocenters. The van der Waals surface area contributed by atoms with Crippen molar-refractivity contribution in [2.45, 2.75) is 17.4 Å². The molecule has 1 radical (unpaired) electrons. The van der Waals surface area contributed by atoms with Crippen LogP contribution in [0.2, 0.25) is 0 Å². The summed E-state index contributed by atoms with van der Waals surface area (Å²) < 4.78 is 23.9. The van der Waals surface area contributed by atoms with Gasteiger partial charge in [0.15, 0.2) is 9.84 Å². The molecular formula is C21H21O2SSi. The van der Waals surface area contributed by atoms with E-state index in [0.717, 1.165) is 5.56 Å². The van der Waals surface area contributed by atoms with E-state index in [-0.39, 0.29) is 5.54 Å². The third-order valence-corrected chi connectivity index (χ3v) is 8.61. The van der Waals surface area contributed by atoms with Crippen LogP contribution in [0.4, 0.5) is 0 Å². The van der Waals surface area contributed by atoms with Gasteiger partial charge >= 0.3 is 0 Å². The quantitative estimate of drug-likeness (QED) is 0.651. The molecule has 0 bridgehead atoms. The Morgan fingerprint density at radius 3 is 1.76 bits per heavy atom. The fraction of sp³-hybridized carbons (Fsp3) is 0.143. The zero-order chi connectivity index (χ0) is 17.9. The van der Waals surface area contributed by atoms with Crippen molar-refractivity contribution in [3.8, 4) is 0 Å². The van der Waals surface area contributed by atoms with Crippen LogP contribution in [0.1, 0.15) is 18.0 Å². The molecule has 0 saturated heterocycles. The molecule has 3 aromatic rings. The maximum absolute atomic E-state index is 11.9. The Morgan fingerprint density at radius 1 is 0.760 bits per heavy atom. The van der Waals surface area contributed by atoms with E-state index in [2.05, 4.69) is 55.5 Å². The largest absolute Gasteiger partial charge is 0.224 e. The van der Waals surface area contributed by atoms with E-state index in [9.17, 15) is 8.42 Å². The summed E-state index contributed by atoms with van der Waals surface area (Å²) >= 11 is 0. The molecule has 0 aliphatic carbocycles. The van der Waals surface area contributed by atoms with Gasteiger partial charge in [-0.2, -0.15) is 0 Å². The van der Waals surface area contributed by atoms with E-state index in [1.54, 1.807) is 6.07 Å². The van der Waals surface area contributed by atoms with Gasteiger partial charge in [-0.15, -0.1) is 0 Å². The Balaban J connectivity index is 2.08. The van der Waals surface area contributed by atoms with Crippen molar-refractivity contribution in [2.75, 3.05) is 6.26 Å². The molecule has 0 spiro atoms. The van der Waals surface area contributed by atoms with Gasteiger partial charge in [-0.05, 0) is 23.2 Å². The standard InChI is InChI=1S/C21H21O2SSi/c1-17(18-10-9-11-19(16-18)24(2,22)23)25(20-12-5-3-6-13-20)21-14-7-4-8-15-21/h3-17H,1-2H3. The van der Waals surface area contributed by atoms with Crippen molar-refractivity contribution in [1.82, 2.24) is 0 Å². The predicted molar refractivity (Wildman–Crippen MR) is 106 cm³/mol. The number of rotatable bonds is 5. The highest BCUT2D eigenvalue weighted by molar-refractivity contribution is 7.90. The van der Waals surface area contributed by atoms with Gasteiger partial charge in [-0.3, -0.25) is 0 Å². The van der Waals surface area contributed by atoms with Crippen LogP contribution in [0.25, 0.3) is 0 Å². The Kier molecular flexibility index (Phi) is 5.21. The SMILES string of the molecule is CC(c1cccc(S(C)(=O)=O)c1)[Si](c1ccccc1)c1ccccc1. The summed E-state index contributed by atoms with van der Waals surface area (Å²) in [6, 6.07) is 28.4. The maximum Gasteiger partial charge on any atom is 0.175 e. The summed E-state index contributed by atoms with van der Waals surface area (Å²) in [7, 11) is -4.29. The van der Waals surface area contributed by atoms with E-state index in [1.807, 2.05) is 30.3 Å². The number of hydrogen-bond acceptors (Lipinski definition) is 2. The summed E-state index contributed by atoms with van der Waals surface area (Å²) in [4.78, 5) is 0.388. The van der Waals surface area contributed by atoms with Gasteiger partial charge in [0.2, 0.25) is 0 Å². The minimum Gasteiger partial charge on any atom is -0.224 e. The summed E-state index contributed by atoms with van der Waals surface area (Å²) in [6.07, 6.45) is 1.26. The topological polar surface area (TPSA) is 34.1 Å². The molecule has 3 rings (SSSR count). The molecule has 0 amide bonds. The van der Waals surface area contributed by atoms with Crippen LogP contribution in [-0.2, 0) is 9.84 Å². The Morgan fingerprint density at radius 2 is 1.28 bits per heavy atom. The van der Waals surface area contributed by atoms with Crippen LogP contribution in [-0.4, -0.2) is 23.5 Å². The van der Waals surface area contributed by atoms with Gasteiger partial charge < -0.3 is 0 Å². The normalized spacial score (nSPS) is 12.9. The van der Waals surface area contributed by atoms with Gasteiger partial charge in [0.1, 0.15) is 8.80 Å². The lowest BCUT2D eigenvalue weighted by Gasteiger charge is -2.24. The number of hydrogen-bond donors (Lipinski definition) is 0. The van der Waals surface area contributed by atoms with E-state index >= 15 is 0 Å². The Labute approximate surface area is 151 Å². The Bertz CT molecular complexity index is 898. The molecule has 1 atom stereocenters. The van der Waals surface area contributed by atoms with Crippen LogP contribution in [0, 0.1) is 0 Å². The number of benzene rings is 3. The first-order valence-electron chi connectivity index (χ1n) is 8.24. The van der Waals surface area contributed by atoms with Crippen LogP contribution < -0.4 is 10.4 Å². The smallest absolute Gasteiger partial charge is 0.175 e. The first-order valence-corrected chi connectivity index (χ1v) is 11.7. The van der Waals surface area contributed by atoms with Crippen molar-refractivity contribution in [3.63, 3.8) is 0 Å². The molecule has 3 aromatic carbocycles. The predicted octanol–water partition coefficient (Wildman–Crippen LogP) is 3.04. The average molecular weight is 366 g/mol. The summed E-state index contributed by atoms with van der Waals surface area (Å²) in [5.74, 6) is 0. The van der Waals surface area contributed by atoms with Crippen LogP contribution in [0.15, 0.2) is 89.8 Å². The summed E-state index contributed by atoms with van der Waals surface area (Å²) in [5, 5.41) is 2.66. The fourth-order valence-electron chi connectivity index (χ4n) is 3.08. The highest BCUT2D eigenvalue weighted by Gasteiger charge is 2.25. The fourth-order valence-corrected chi connectivity index (χ4v) is 6.71. The maximum atomic E-state index is 11.9. The van der Waals surface area contributed by atoms with Crippen LogP contribution in [0.5, 0.6) is 0 Å². The van der Waals surface area contributed by atoms with E-state index in [1.165, 1.54) is 16.6 Å². The zero-order valence-electron chi connectivity index (χ0n) is 14.4. The third-order valence-electron chi connectivity index (χ3n) is 4.39. The number of sulfone groups is 1. The van der Waals surface area contributed by atoms with Crippen molar-refractivity contribution < 1.29 is 8.42 Å². The molecular weight excluding hydrogens is 344 g/mol. The minimum atomic E-state index is -3.20. The molecule has 25 heavy (non-hydrogen) atoms. The first-order chi connectivity index (χ1) is 12.0. The second-order valence-corrected chi connectivity index (χ2v) is 11.1. The summed E-state index contributed by atoms with van der Waals surface area (Å²) in [5.41, 5.74) is 1.32. The van der Waals surface area contributed by atoms with Gasteiger partial charge in [0.05, 0.1) is 4.90 Å². The van der Waals surface area contributed by atoms with E-state index in [4.69, 9.17) is 0 Å². The van der Waals surface area contributed by atoms with Crippen LogP contribution in [0.3, 0.4) is 0 Å². The summed E-state index contributed by atoms with van der Waals surface area (Å²) in [6.45, 7) is 2.20. The highest BCUT2D eigenvalue weighted by atomic mass is 32.2. The van der Waals surface area contributed by atoms with Crippen molar-refractivity contribution in [3.05, 3.63) is 90.5 Å². The molecule has 127 valence electrons. The molecule has 0 aromatic heterocycles. The lowest BCUT2D eigenvalue weighted by atomic mass is 10.2. The second kappa shape index (κ2) is 7.38.